The summed E-state index contributed by atoms with van der Waals surface area (Å²) in [5, 5.41) is 3.67. The molecule has 1 fully saturated rings. The minimum absolute atomic E-state index is 0.649. The van der Waals surface area contributed by atoms with Gasteiger partial charge in [-0.25, -0.2) is 0 Å². The van der Waals surface area contributed by atoms with Crippen molar-refractivity contribution in [2.24, 2.45) is 5.92 Å². The summed E-state index contributed by atoms with van der Waals surface area (Å²) in [6, 6.07) is 1.35. The molecule has 0 aliphatic carbocycles. The number of nitrogens with zero attached hydrogens (tertiary/aromatic N) is 1. The van der Waals surface area contributed by atoms with E-state index >= 15 is 0 Å². The molecule has 1 saturated heterocycles. The molecule has 0 amide bonds. The van der Waals surface area contributed by atoms with Gasteiger partial charge in [-0.15, -0.1) is 18.2 Å². The highest BCUT2D eigenvalue weighted by atomic mass is 32.2. The lowest BCUT2D eigenvalue weighted by molar-refractivity contribution is 0.118. The summed E-state index contributed by atoms with van der Waals surface area (Å²) in [4.78, 5) is 2.64. The van der Waals surface area contributed by atoms with Crippen LogP contribution in [-0.2, 0) is 0 Å². The van der Waals surface area contributed by atoms with Gasteiger partial charge in [-0.05, 0) is 12.3 Å². The minimum Gasteiger partial charge on any atom is -0.311 e. The lowest BCUT2D eigenvalue weighted by atomic mass is 9.98. The summed E-state index contributed by atoms with van der Waals surface area (Å²) in [6.07, 6.45) is 6.50. The summed E-state index contributed by atoms with van der Waals surface area (Å²) in [5.74, 6) is 5.41. The van der Waals surface area contributed by atoms with E-state index < -0.39 is 0 Å². The fourth-order valence-corrected chi connectivity index (χ4v) is 2.94. The van der Waals surface area contributed by atoms with Crippen LogP contribution in [0, 0.1) is 18.3 Å². The molecule has 1 N–H and O–H groups in total. The molecule has 0 bridgehead atoms. The molecule has 1 aliphatic heterocycles. The van der Waals surface area contributed by atoms with Gasteiger partial charge in [0.05, 0.1) is 5.75 Å². The van der Waals surface area contributed by atoms with Crippen LogP contribution in [0.15, 0.2) is 0 Å². The van der Waals surface area contributed by atoms with Crippen molar-refractivity contribution in [3.63, 3.8) is 0 Å². The normalized spacial score (nSPS) is 26.1. The predicted octanol–water partition coefficient (Wildman–Crippen LogP) is 2.06. The van der Waals surface area contributed by atoms with Crippen LogP contribution < -0.4 is 5.32 Å². The maximum atomic E-state index is 5.27. The molecule has 0 aromatic heterocycles. The number of nitrogens with one attached hydrogen (secondary N) is 1. The summed E-state index contributed by atoms with van der Waals surface area (Å²) < 4.78 is 0. The molecule has 0 saturated carbocycles. The monoisotopic (exact) mass is 254 g/mol. The Bertz CT molecular complexity index is 247. The minimum atomic E-state index is 0.649. The van der Waals surface area contributed by atoms with Crippen molar-refractivity contribution in [3.8, 4) is 12.3 Å². The quantitative estimate of drug-likeness (QED) is 0.577. The Labute approximate surface area is 111 Å². The molecule has 0 aromatic rings. The molecule has 0 aromatic carbocycles. The number of hydrogen-bond donors (Lipinski definition) is 1. The highest BCUT2D eigenvalue weighted by molar-refractivity contribution is 7.99. The highest BCUT2D eigenvalue weighted by Gasteiger charge is 2.27. The average molecular weight is 254 g/mol. The van der Waals surface area contributed by atoms with Crippen LogP contribution in [0.25, 0.3) is 0 Å². The smallest absolute Gasteiger partial charge is 0.0545 e. The molecule has 1 heterocycles. The summed E-state index contributed by atoms with van der Waals surface area (Å²) >= 11 is 1.87. The Kier molecular flexibility index (Phi) is 7.03. The second-order valence-corrected chi connectivity index (χ2v) is 6.18. The fraction of sp³-hybridized carbons (Fsp3) is 0.857. The van der Waals surface area contributed by atoms with Crippen molar-refractivity contribution < 1.29 is 0 Å². The molecule has 1 rings (SSSR count). The Morgan fingerprint density at radius 3 is 2.88 bits per heavy atom. The average Bonchev–Trinajstić information content (AvgIpc) is 2.34. The molecule has 0 radical (unpaired) electrons. The SMILES string of the molecule is C#CCSCCN1CC(C(C)C)NCC1CC. The first-order chi connectivity index (χ1) is 8.19. The van der Waals surface area contributed by atoms with E-state index in [1.165, 1.54) is 19.5 Å². The molecule has 0 spiro atoms. The predicted molar refractivity (Wildman–Crippen MR) is 78.4 cm³/mol. The van der Waals surface area contributed by atoms with Gasteiger partial charge in [0, 0.05) is 37.5 Å². The van der Waals surface area contributed by atoms with E-state index in [-0.39, 0.29) is 0 Å². The van der Waals surface area contributed by atoms with E-state index in [0.717, 1.165) is 18.1 Å². The van der Waals surface area contributed by atoms with Gasteiger partial charge < -0.3 is 5.32 Å². The van der Waals surface area contributed by atoms with E-state index in [2.05, 4.69) is 36.9 Å². The lowest BCUT2D eigenvalue weighted by Gasteiger charge is -2.41. The fourth-order valence-electron chi connectivity index (χ4n) is 2.32. The number of rotatable bonds is 6. The molecule has 2 nitrogen and oxygen atoms in total. The second kappa shape index (κ2) is 8.02. The van der Waals surface area contributed by atoms with Crippen molar-refractivity contribution in [3.05, 3.63) is 0 Å². The van der Waals surface area contributed by atoms with Crippen LogP contribution in [0.4, 0.5) is 0 Å². The van der Waals surface area contributed by atoms with Crippen LogP contribution in [0.1, 0.15) is 27.2 Å². The third kappa shape index (κ3) is 4.91. The topological polar surface area (TPSA) is 15.3 Å². The van der Waals surface area contributed by atoms with E-state index in [4.69, 9.17) is 6.42 Å². The van der Waals surface area contributed by atoms with Gasteiger partial charge in [-0.2, -0.15) is 0 Å². The van der Waals surface area contributed by atoms with Gasteiger partial charge in [0.2, 0.25) is 0 Å². The van der Waals surface area contributed by atoms with E-state index in [1.54, 1.807) is 0 Å². The number of piperazine rings is 1. The Hall–Kier alpha value is -0.170. The molecule has 3 heteroatoms. The largest absolute Gasteiger partial charge is 0.311 e. The first-order valence-corrected chi connectivity index (χ1v) is 7.83. The maximum Gasteiger partial charge on any atom is 0.0545 e. The van der Waals surface area contributed by atoms with Crippen LogP contribution >= 0.6 is 11.8 Å². The van der Waals surface area contributed by atoms with Crippen molar-refractivity contribution in [1.82, 2.24) is 10.2 Å². The zero-order valence-electron chi connectivity index (χ0n) is 11.4. The molecule has 17 heavy (non-hydrogen) atoms. The molecular weight excluding hydrogens is 228 g/mol. The third-order valence-electron chi connectivity index (χ3n) is 3.55. The van der Waals surface area contributed by atoms with E-state index in [1.807, 2.05) is 11.8 Å². The first-order valence-electron chi connectivity index (χ1n) is 6.67. The third-order valence-corrected chi connectivity index (χ3v) is 4.39. The van der Waals surface area contributed by atoms with Gasteiger partial charge in [-0.1, -0.05) is 26.7 Å². The van der Waals surface area contributed by atoms with Gasteiger partial charge in [0.1, 0.15) is 0 Å². The van der Waals surface area contributed by atoms with Crippen LogP contribution in [0.2, 0.25) is 0 Å². The van der Waals surface area contributed by atoms with Gasteiger partial charge >= 0.3 is 0 Å². The Morgan fingerprint density at radius 1 is 1.53 bits per heavy atom. The van der Waals surface area contributed by atoms with Crippen molar-refractivity contribution in [2.75, 3.05) is 31.1 Å². The van der Waals surface area contributed by atoms with Gasteiger partial charge in [0.15, 0.2) is 0 Å². The zero-order chi connectivity index (χ0) is 12.7. The van der Waals surface area contributed by atoms with Crippen molar-refractivity contribution in [1.29, 1.82) is 0 Å². The van der Waals surface area contributed by atoms with Gasteiger partial charge in [-0.3, -0.25) is 4.90 Å². The molecule has 1 aliphatic rings. The standard InChI is InChI=1S/C14H26N2S/c1-5-8-17-9-7-16-11-14(12(3)4)15-10-13(16)6-2/h1,12-15H,6-11H2,2-4H3. The number of terminal acetylenes is 1. The van der Waals surface area contributed by atoms with Crippen molar-refractivity contribution >= 4 is 11.8 Å². The van der Waals surface area contributed by atoms with Crippen LogP contribution in [0.3, 0.4) is 0 Å². The molecular formula is C14H26N2S. The highest BCUT2D eigenvalue weighted by Crippen LogP contribution is 2.15. The number of thioether (sulfide) groups is 1. The van der Waals surface area contributed by atoms with E-state index in [9.17, 15) is 0 Å². The second-order valence-electron chi connectivity index (χ2n) is 5.07. The van der Waals surface area contributed by atoms with E-state index in [0.29, 0.717) is 18.0 Å². The van der Waals surface area contributed by atoms with Crippen molar-refractivity contribution in [2.45, 2.75) is 39.3 Å². The molecule has 2 atom stereocenters. The van der Waals surface area contributed by atoms with Crippen LogP contribution in [0.5, 0.6) is 0 Å². The van der Waals surface area contributed by atoms with Gasteiger partial charge in [0.25, 0.3) is 0 Å². The summed E-state index contributed by atoms with van der Waals surface area (Å²) in [5.41, 5.74) is 0. The number of hydrogen-bond acceptors (Lipinski definition) is 3. The lowest BCUT2D eigenvalue weighted by Crippen LogP contribution is -2.58. The zero-order valence-corrected chi connectivity index (χ0v) is 12.2. The maximum absolute atomic E-state index is 5.27. The van der Waals surface area contributed by atoms with Crippen LogP contribution in [-0.4, -0.2) is 48.1 Å². The summed E-state index contributed by atoms with van der Waals surface area (Å²) in [7, 11) is 0. The summed E-state index contributed by atoms with van der Waals surface area (Å²) in [6.45, 7) is 10.4. The molecule has 2 unspecified atom stereocenters. The molecule has 98 valence electrons. The Morgan fingerprint density at radius 2 is 2.29 bits per heavy atom. The first kappa shape index (κ1) is 14.9. The Balaban J connectivity index is 2.38.